The number of esters is 4. The number of nitrogens with zero attached hydrogens (tertiary/aromatic N) is 4. The first-order valence-electron chi connectivity index (χ1n) is 33.0. The van der Waals surface area contributed by atoms with Gasteiger partial charge in [0.1, 0.15) is 54.4 Å². The Morgan fingerprint density at radius 1 is 0.486 bits per heavy atom. The fourth-order valence-corrected chi connectivity index (χ4v) is 11.1. The van der Waals surface area contributed by atoms with Gasteiger partial charge in [-0.05, 0) is 126 Å². The van der Waals surface area contributed by atoms with Crippen molar-refractivity contribution in [3.8, 4) is 33.4 Å². The van der Waals surface area contributed by atoms with E-state index in [1.807, 2.05) is 90.9 Å². The highest BCUT2D eigenvalue weighted by Crippen LogP contribution is 2.34. The number of halogens is 5. The second-order valence-electron chi connectivity index (χ2n) is 24.6. The Hall–Kier alpha value is -9.99. The number of hydrogen-bond donors (Lipinski definition) is 8. The van der Waals surface area contributed by atoms with E-state index in [9.17, 15) is 33.6 Å². The van der Waals surface area contributed by atoms with Gasteiger partial charge in [0.25, 0.3) is 17.7 Å². The van der Waals surface area contributed by atoms with Gasteiger partial charge in [0.15, 0.2) is 13.5 Å². The number of carbonyl (C=O) groups excluding carboxylic acids is 7. The molecule has 9 aromatic rings. The third kappa shape index (κ3) is 26.3. The van der Waals surface area contributed by atoms with Gasteiger partial charge in [-0.3, -0.25) is 28.8 Å². The van der Waals surface area contributed by atoms with Crippen molar-refractivity contribution in [1.82, 2.24) is 45.4 Å². The van der Waals surface area contributed by atoms with Crippen molar-refractivity contribution in [3.05, 3.63) is 211 Å². The maximum atomic E-state index is 13.5. The highest BCUT2D eigenvalue weighted by Gasteiger charge is 2.25. The molecule has 3 aromatic carbocycles. The Morgan fingerprint density at radius 3 is 1.33 bits per heavy atom. The lowest BCUT2D eigenvalue weighted by Gasteiger charge is -2.20. The van der Waals surface area contributed by atoms with E-state index in [1.54, 1.807) is 97.7 Å². The lowest BCUT2D eigenvalue weighted by molar-refractivity contribution is -0.154. The van der Waals surface area contributed by atoms with Crippen molar-refractivity contribution < 1.29 is 62.0 Å². The predicted octanol–water partition coefficient (Wildman–Crippen LogP) is 15.0. The van der Waals surface area contributed by atoms with Crippen LogP contribution in [0, 0.1) is 6.92 Å². The third-order valence-electron chi connectivity index (χ3n) is 14.8. The van der Waals surface area contributed by atoms with E-state index in [0.717, 1.165) is 38.9 Å². The topological polar surface area (TPSA) is 322 Å². The maximum Gasteiger partial charge on any atom is 0.332 e. The minimum absolute atomic E-state index is 0.0392. The molecule has 0 fully saturated rings. The zero-order valence-corrected chi connectivity index (χ0v) is 63.3. The summed E-state index contributed by atoms with van der Waals surface area (Å²) in [6.07, 6.45) is 9.77. The summed E-state index contributed by atoms with van der Waals surface area (Å²) < 4.78 is 32.2. The summed E-state index contributed by atoms with van der Waals surface area (Å²) in [7, 11) is 1.40. The number of aromatic nitrogens is 6. The molecule has 0 aliphatic heterocycles. The molecular weight excluding hydrogens is 1450 g/mol. The van der Waals surface area contributed by atoms with Crippen LogP contribution in [0.1, 0.15) is 134 Å². The second-order valence-corrected chi connectivity index (χ2v) is 26.7. The van der Waals surface area contributed by atoms with Crippen LogP contribution in [0.15, 0.2) is 146 Å². The van der Waals surface area contributed by atoms with Gasteiger partial charge in [-0.15, -0.1) is 0 Å². The lowest BCUT2D eigenvalue weighted by atomic mass is 10.0. The minimum atomic E-state index is -0.620. The van der Waals surface area contributed by atoms with Gasteiger partial charge in [0.2, 0.25) is 0 Å². The SMILES string of the molecule is CC(=O)OCOC[C@@H](NC(=O)c1cc(-c2cc(NC(C)C)ncc2Cl)c[nH]1)c1cccc(Cl)c1.CC(=O)OC[C@@H](NC(=O)c1cc(-c2cc(NC(C)C)ncc2Cl)cn1COC(C)=O)c1cccc(C)c1.COCC(=O)OC[C@@H](NC(=O)c1cc(-c2cc(NC(C)C)ncc2Cl)c[nH]1)c1cccc(Cl)c1. The predicted molar refractivity (Wildman–Crippen MR) is 406 cm³/mol. The zero-order chi connectivity index (χ0) is 76.4. The van der Waals surface area contributed by atoms with Crippen LogP contribution in [-0.4, -0.2) is 130 Å². The van der Waals surface area contributed by atoms with Gasteiger partial charge in [-0.1, -0.05) is 112 Å². The maximum absolute atomic E-state index is 13.5. The molecule has 6 aromatic heterocycles. The fraction of sp³-hybridized carbons (Fsp3) is 0.307. The Bertz CT molecular complexity index is 4470. The van der Waals surface area contributed by atoms with E-state index in [4.69, 9.17) is 86.4 Å². The van der Waals surface area contributed by atoms with Crippen molar-refractivity contribution in [2.24, 2.45) is 0 Å². The quantitative estimate of drug-likeness (QED) is 0.00897. The van der Waals surface area contributed by atoms with Gasteiger partial charge in [-0.25, -0.2) is 19.7 Å². The summed E-state index contributed by atoms with van der Waals surface area (Å²) in [5.41, 5.74) is 8.37. The summed E-state index contributed by atoms with van der Waals surface area (Å²) >= 11 is 31.4. The van der Waals surface area contributed by atoms with Crippen LogP contribution in [0.5, 0.6) is 0 Å². The summed E-state index contributed by atoms with van der Waals surface area (Å²) in [6.45, 7) is 17.3. The molecule has 8 N–H and O–H groups in total. The van der Waals surface area contributed by atoms with E-state index < -0.39 is 47.9 Å². The number of aromatic amines is 2. The number of anilines is 3. The molecule has 0 bridgehead atoms. The molecule has 3 atom stereocenters. The van der Waals surface area contributed by atoms with E-state index in [2.05, 4.69) is 56.8 Å². The molecule has 9 rings (SSSR count). The number of benzene rings is 3. The first kappa shape index (κ1) is 82.3. The van der Waals surface area contributed by atoms with Crippen LogP contribution in [0.25, 0.3) is 33.4 Å². The van der Waals surface area contributed by atoms with Gasteiger partial charge < -0.3 is 74.9 Å². The van der Waals surface area contributed by atoms with Crippen molar-refractivity contribution in [2.75, 3.05) is 56.3 Å². The smallest absolute Gasteiger partial charge is 0.332 e. The first-order chi connectivity index (χ1) is 50.0. The molecule has 0 spiro atoms. The molecule has 3 amide bonds. The lowest BCUT2D eigenvalue weighted by Crippen LogP contribution is -2.33. The number of aryl methyl sites for hydroxylation is 1. The number of methoxy groups -OCH3 is 1. The molecule has 0 saturated heterocycles. The van der Waals surface area contributed by atoms with Gasteiger partial charge >= 0.3 is 23.9 Å². The molecule has 30 heteroatoms. The standard InChI is InChI=1S/C27H31ClN4O5.2C24H26Cl2N4O4/c1-16(2)30-26-11-22(23(28)12-29-26)21-10-25(32(13-21)15-37-19(5)34)27(35)31-24(14-36-18(4)33)20-8-6-7-17(3)9-20;1-14(2)29-22-9-18(19(26)11-28-22)16-8-20(27-10-16)24(32)30-21(12-34-23(31)13-33-3)15-5-4-6-17(25)7-15;1-14(2)29-23-9-19(20(26)11-28-23)17-8-21(27-10-17)24(32)30-22(12-33-13-34-15(3)31)16-5-4-6-18(25)7-16/h6-13,16,24H,14-15H2,1-5H3,(H,29,30)(H,31,35);4-11,14,21,27H,12-13H2,1-3H3,(H,28,29)(H,30,32);4-11,14,22,27H,12-13H2,1-3H3,(H,28,29)(H,30,32)/t24-;21-;22-/m111/s1. The second kappa shape index (κ2) is 40.3. The molecule has 0 radical (unpaired) electrons. The van der Waals surface area contributed by atoms with Crippen LogP contribution >= 0.6 is 58.0 Å². The molecule has 0 aliphatic rings. The number of amides is 3. The van der Waals surface area contributed by atoms with Gasteiger partial charge in [-0.2, -0.15) is 0 Å². The monoisotopic (exact) mass is 1530 g/mol. The summed E-state index contributed by atoms with van der Waals surface area (Å²) in [4.78, 5) is 104. The molecular formula is C75H83Cl5N12O13. The van der Waals surface area contributed by atoms with E-state index in [1.165, 1.54) is 38.6 Å². The Labute approximate surface area is 633 Å². The van der Waals surface area contributed by atoms with Gasteiger partial charge in [0, 0.05) is 127 Å². The molecule has 6 heterocycles. The number of rotatable bonds is 30. The van der Waals surface area contributed by atoms with Crippen molar-refractivity contribution in [1.29, 1.82) is 0 Å². The van der Waals surface area contributed by atoms with Crippen molar-refractivity contribution in [3.63, 3.8) is 0 Å². The highest BCUT2D eigenvalue weighted by atomic mass is 35.5. The van der Waals surface area contributed by atoms with E-state index in [0.29, 0.717) is 70.6 Å². The van der Waals surface area contributed by atoms with Crippen LogP contribution in [0.3, 0.4) is 0 Å². The average Bonchev–Trinajstić information content (AvgIpc) is 1.69. The number of hydrogen-bond acceptors (Lipinski definition) is 19. The van der Waals surface area contributed by atoms with Crippen LogP contribution in [0.2, 0.25) is 25.1 Å². The first-order valence-corrected chi connectivity index (χ1v) is 34.9. The number of ether oxygens (including phenoxy) is 6. The summed E-state index contributed by atoms with van der Waals surface area (Å²) in [5, 5.41) is 20.8. The van der Waals surface area contributed by atoms with Crippen molar-refractivity contribution >= 4 is 117 Å². The third-order valence-corrected chi connectivity index (χ3v) is 16.2. The molecule has 25 nitrogen and oxygen atoms in total. The largest absolute Gasteiger partial charge is 0.463 e. The number of carbonyl (C=O) groups is 7. The Balaban J connectivity index is 0.000000220. The van der Waals surface area contributed by atoms with E-state index >= 15 is 0 Å². The molecule has 0 saturated carbocycles. The van der Waals surface area contributed by atoms with Gasteiger partial charge in [0.05, 0.1) is 39.8 Å². The Kier molecular flexibility index (Phi) is 31.6. The highest BCUT2D eigenvalue weighted by molar-refractivity contribution is 6.34. The minimum Gasteiger partial charge on any atom is -0.463 e. The number of pyridine rings is 3. The van der Waals surface area contributed by atoms with E-state index in [-0.39, 0.29) is 75.6 Å². The Morgan fingerprint density at radius 2 is 0.905 bits per heavy atom. The number of H-pyrrole nitrogens is 2. The zero-order valence-electron chi connectivity index (χ0n) is 59.5. The van der Waals surface area contributed by atoms with Crippen molar-refractivity contribution in [2.45, 2.75) is 112 Å². The average molecular weight is 1540 g/mol. The fourth-order valence-electron chi connectivity index (χ4n) is 10.1. The van der Waals surface area contributed by atoms with Crippen LogP contribution in [-0.2, 0) is 54.3 Å². The van der Waals surface area contributed by atoms with Crippen LogP contribution < -0.4 is 31.9 Å². The summed E-state index contributed by atoms with van der Waals surface area (Å²) in [6, 6.07) is 31.0. The molecule has 105 heavy (non-hydrogen) atoms. The molecule has 556 valence electrons. The molecule has 0 aliphatic carbocycles. The van der Waals surface area contributed by atoms with Crippen LogP contribution in [0.4, 0.5) is 17.5 Å². The summed E-state index contributed by atoms with van der Waals surface area (Å²) in [5.74, 6) is -1.11. The number of nitrogens with one attached hydrogen (secondary N) is 8. The normalized spacial score (nSPS) is 11.8. The molecule has 0 unspecified atom stereocenters.